The molecule has 1 N–H and O–H groups in total. The minimum absolute atomic E-state index is 0.456. The van der Waals surface area contributed by atoms with Crippen molar-refractivity contribution in [3.05, 3.63) is 64.9 Å². The van der Waals surface area contributed by atoms with Gasteiger partial charge in [0.05, 0.1) is 11.1 Å². The van der Waals surface area contributed by atoms with Crippen molar-refractivity contribution in [2.45, 2.75) is 31.2 Å². The Hall–Kier alpha value is -1.67. The van der Waals surface area contributed by atoms with Crippen molar-refractivity contribution in [2.24, 2.45) is 17.8 Å². The van der Waals surface area contributed by atoms with E-state index in [4.69, 9.17) is 11.6 Å². The molecule has 0 amide bonds. The molecule has 0 spiro atoms. The van der Waals surface area contributed by atoms with E-state index >= 15 is 0 Å². The van der Waals surface area contributed by atoms with Crippen molar-refractivity contribution < 1.29 is 5.11 Å². The molecule has 1 saturated carbocycles. The van der Waals surface area contributed by atoms with Crippen molar-refractivity contribution in [1.29, 1.82) is 0 Å². The van der Waals surface area contributed by atoms with E-state index in [1.165, 1.54) is 24.8 Å². The summed E-state index contributed by atoms with van der Waals surface area (Å²) < 4.78 is 0. The molecule has 24 heavy (non-hydrogen) atoms. The molecule has 5 atom stereocenters. The normalized spacial score (nSPS) is 36.7. The first-order valence-corrected chi connectivity index (χ1v) is 9.41. The molecule has 1 aromatic rings. The second kappa shape index (κ2) is 5.42. The molecule has 0 bridgehead atoms. The number of allylic oxidation sites excluding steroid dienone is 3. The average Bonchev–Trinajstić information content (AvgIpc) is 2.71. The summed E-state index contributed by atoms with van der Waals surface area (Å²) in [6.45, 7) is 0.987. The third-order valence-corrected chi connectivity index (χ3v) is 6.73. The lowest BCUT2D eigenvalue weighted by Crippen LogP contribution is -2.53. The molecule has 2 fully saturated rings. The molecular weight excluding hydrogens is 318 g/mol. The van der Waals surface area contributed by atoms with E-state index in [0.29, 0.717) is 35.5 Å². The van der Waals surface area contributed by atoms with Gasteiger partial charge in [-0.15, -0.1) is 0 Å². The van der Waals surface area contributed by atoms with Gasteiger partial charge in [-0.2, -0.15) is 0 Å². The molecule has 5 unspecified atom stereocenters. The standard InChI is InChI=1S/C21H22ClNO/c22-14-8-9-19-17-7-3-4-13-10-20(24)16-6-2-1-5-15(16)18(21(13)17)12-23(19)11-14/h1-2,5-6,8-11,13,17-19,21,24H,3-4,7,12H2. The Bertz CT molecular complexity index is 765. The summed E-state index contributed by atoms with van der Waals surface area (Å²) in [6.07, 6.45) is 12.3. The minimum Gasteiger partial charge on any atom is -0.508 e. The zero-order valence-electron chi connectivity index (χ0n) is 13.6. The van der Waals surface area contributed by atoms with Crippen LogP contribution in [0, 0.1) is 17.8 Å². The Balaban J connectivity index is 1.66. The fraction of sp³-hybridized carbons (Fsp3) is 0.429. The molecule has 5 rings (SSSR count). The Labute approximate surface area is 148 Å². The van der Waals surface area contributed by atoms with Crippen molar-refractivity contribution in [3.63, 3.8) is 0 Å². The maximum atomic E-state index is 10.7. The largest absolute Gasteiger partial charge is 0.508 e. The van der Waals surface area contributed by atoms with Gasteiger partial charge in [-0.3, -0.25) is 0 Å². The van der Waals surface area contributed by atoms with E-state index in [1.807, 2.05) is 6.07 Å². The van der Waals surface area contributed by atoms with E-state index in [-0.39, 0.29) is 0 Å². The van der Waals surface area contributed by atoms with E-state index < -0.39 is 0 Å². The number of piperidine rings is 1. The first-order valence-electron chi connectivity index (χ1n) is 9.04. The Kier molecular flexibility index (Phi) is 3.31. The maximum absolute atomic E-state index is 10.7. The third kappa shape index (κ3) is 2.09. The summed E-state index contributed by atoms with van der Waals surface area (Å²) in [6, 6.07) is 8.87. The summed E-state index contributed by atoms with van der Waals surface area (Å²) in [4.78, 5) is 2.44. The predicted molar refractivity (Wildman–Crippen MR) is 97.7 cm³/mol. The molecule has 2 heterocycles. The lowest BCUT2D eigenvalue weighted by atomic mass is 9.60. The molecule has 2 aliphatic heterocycles. The molecule has 2 nitrogen and oxygen atoms in total. The zero-order valence-corrected chi connectivity index (χ0v) is 14.4. The summed E-state index contributed by atoms with van der Waals surface area (Å²) in [5.74, 6) is 2.67. The second-order valence-corrected chi connectivity index (χ2v) is 8.08. The SMILES string of the molecule is OC1=CC2CCCC3C2C(CN2C=C(Cl)C=CC32)c2ccccc21. The number of aliphatic hydroxyl groups is 1. The summed E-state index contributed by atoms with van der Waals surface area (Å²) in [7, 11) is 0. The highest BCUT2D eigenvalue weighted by Gasteiger charge is 2.48. The van der Waals surface area contributed by atoms with Gasteiger partial charge >= 0.3 is 0 Å². The number of hydrogen-bond donors (Lipinski definition) is 1. The van der Waals surface area contributed by atoms with Crippen LogP contribution in [-0.2, 0) is 0 Å². The molecular formula is C21H22ClNO. The molecule has 1 saturated heterocycles. The van der Waals surface area contributed by atoms with Crippen molar-refractivity contribution >= 4 is 17.4 Å². The number of aliphatic hydroxyl groups excluding tert-OH is 1. The van der Waals surface area contributed by atoms with Crippen LogP contribution < -0.4 is 0 Å². The number of nitrogens with zero attached hydrogens (tertiary/aromatic N) is 1. The lowest BCUT2D eigenvalue weighted by molar-refractivity contribution is 0.0335. The van der Waals surface area contributed by atoms with Gasteiger partial charge in [0.15, 0.2) is 0 Å². The van der Waals surface area contributed by atoms with E-state index in [1.54, 1.807) is 0 Å². The first-order chi connectivity index (χ1) is 11.7. The van der Waals surface area contributed by atoms with Gasteiger partial charge in [-0.05, 0) is 48.3 Å². The molecule has 0 aromatic heterocycles. The number of rotatable bonds is 0. The van der Waals surface area contributed by atoms with Crippen LogP contribution in [0.25, 0.3) is 5.76 Å². The van der Waals surface area contributed by atoms with Gasteiger partial charge in [0.1, 0.15) is 5.76 Å². The Morgan fingerprint density at radius 3 is 2.96 bits per heavy atom. The van der Waals surface area contributed by atoms with Crippen molar-refractivity contribution in [2.75, 3.05) is 6.54 Å². The highest BCUT2D eigenvalue weighted by atomic mass is 35.5. The average molecular weight is 340 g/mol. The van der Waals surface area contributed by atoms with Gasteiger partial charge in [0, 0.05) is 24.2 Å². The fourth-order valence-corrected chi connectivity index (χ4v) is 5.83. The van der Waals surface area contributed by atoms with Gasteiger partial charge in [-0.1, -0.05) is 48.4 Å². The Morgan fingerprint density at radius 1 is 1.17 bits per heavy atom. The van der Waals surface area contributed by atoms with Crippen LogP contribution in [0.2, 0.25) is 0 Å². The summed E-state index contributed by atoms with van der Waals surface area (Å²) >= 11 is 6.28. The van der Waals surface area contributed by atoms with Crippen LogP contribution >= 0.6 is 11.6 Å². The van der Waals surface area contributed by atoms with E-state index in [0.717, 1.165) is 17.1 Å². The summed E-state index contributed by atoms with van der Waals surface area (Å²) in [5, 5.41) is 11.5. The highest BCUT2D eigenvalue weighted by Crippen LogP contribution is 2.53. The highest BCUT2D eigenvalue weighted by molar-refractivity contribution is 6.31. The first kappa shape index (κ1) is 14.7. The summed E-state index contributed by atoms with van der Waals surface area (Å²) in [5.41, 5.74) is 2.33. The van der Waals surface area contributed by atoms with Gasteiger partial charge in [0.25, 0.3) is 0 Å². The van der Waals surface area contributed by atoms with Gasteiger partial charge in [-0.25, -0.2) is 0 Å². The van der Waals surface area contributed by atoms with Gasteiger partial charge in [0.2, 0.25) is 0 Å². The van der Waals surface area contributed by atoms with Gasteiger partial charge < -0.3 is 10.0 Å². The molecule has 1 aromatic carbocycles. The van der Waals surface area contributed by atoms with Crippen LogP contribution in [0.4, 0.5) is 0 Å². The molecule has 2 aliphatic carbocycles. The molecule has 4 aliphatic rings. The van der Waals surface area contributed by atoms with E-state index in [2.05, 4.69) is 47.5 Å². The quantitative estimate of drug-likeness (QED) is 0.715. The van der Waals surface area contributed by atoms with Crippen LogP contribution in [-0.4, -0.2) is 22.6 Å². The predicted octanol–water partition coefficient (Wildman–Crippen LogP) is 5.05. The van der Waals surface area contributed by atoms with Crippen LogP contribution in [0.15, 0.2) is 53.7 Å². The number of halogens is 1. The topological polar surface area (TPSA) is 23.5 Å². The monoisotopic (exact) mass is 339 g/mol. The number of benzene rings is 1. The molecule has 124 valence electrons. The maximum Gasteiger partial charge on any atom is 0.119 e. The van der Waals surface area contributed by atoms with E-state index in [9.17, 15) is 5.11 Å². The molecule has 3 heteroatoms. The fourth-order valence-electron chi connectivity index (χ4n) is 5.63. The van der Waals surface area contributed by atoms with Crippen molar-refractivity contribution in [3.8, 4) is 0 Å². The third-order valence-electron chi connectivity index (χ3n) is 6.51. The van der Waals surface area contributed by atoms with Crippen LogP contribution in [0.1, 0.15) is 36.3 Å². The smallest absolute Gasteiger partial charge is 0.119 e. The number of hydrogen-bond acceptors (Lipinski definition) is 2. The Morgan fingerprint density at radius 2 is 2.04 bits per heavy atom. The molecule has 0 radical (unpaired) electrons. The van der Waals surface area contributed by atoms with Crippen molar-refractivity contribution in [1.82, 2.24) is 4.90 Å². The lowest BCUT2D eigenvalue weighted by Gasteiger charge is -2.53. The van der Waals surface area contributed by atoms with Crippen LogP contribution in [0.5, 0.6) is 0 Å². The second-order valence-electron chi connectivity index (χ2n) is 7.64. The number of fused-ring (bicyclic) bond motifs is 4. The minimum atomic E-state index is 0.456. The zero-order chi connectivity index (χ0) is 16.3. The van der Waals surface area contributed by atoms with Crippen LogP contribution in [0.3, 0.4) is 0 Å².